The van der Waals surface area contributed by atoms with E-state index in [2.05, 4.69) is 10.4 Å². The molecule has 4 rings (SSSR count). The van der Waals surface area contributed by atoms with E-state index < -0.39 is 12.1 Å². The number of carboxylic acid groups (broad SMARTS) is 1. The van der Waals surface area contributed by atoms with Crippen LogP contribution in [0.4, 0.5) is 9.59 Å². The molecule has 0 radical (unpaired) electrons. The van der Waals surface area contributed by atoms with Gasteiger partial charge < -0.3 is 14.9 Å². The number of piperidine rings is 1. The number of hydrogen-bond acceptors (Lipinski definition) is 6. The number of hydrogen-bond donors (Lipinski definition) is 2. The van der Waals surface area contributed by atoms with E-state index in [1.165, 1.54) is 9.96 Å². The number of hydroxylamine groups is 3. The Balaban J connectivity index is 1.18. The highest BCUT2D eigenvalue weighted by atomic mass is 16.7. The second-order valence-corrected chi connectivity index (χ2v) is 8.19. The number of amides is 4. The van der Waals surface area contributed by atoms with E-state index >= 15 is 0 Å². The molecule has 32 heavy (non-hydrogen) atoms. The second-order valence-electron chi connectivity index (χ2n) is 8.19. The summed E-state index contributed by atoms with van der Waals surface area (Å²) in [6, 6.07) is 8.71. The molecule has 0 unspecified atom stereocenters. The maximum absolute atomic E-state index is 12.8. The van der Waals surface area contributed by atoms with Gasteiger partial charge in [-0.05, 0) is 18.4 Å². The lowest BCUT2D eigenvalue weighted by Gasteiger charge is -2.33. The Morgan fingerprint density at radius 3 is 2.56 bits per heavy atom. The van der Waals surface area contributed by atoms with Crippen LogP contribution in [0.25, 0.3) is 0 Å². The fourth-order valence-corrected chi connectivity index (χ4v) is 4.32. The van der Waals surface area contributed by atoms with E-state index in [1.54, 1.807) is 4.90 Å². The van der Waals surface area contributed by atoms with Crippen LogP contribution < -0.4 is 5.48 Å². The van der Waals surface area contributed by atoms with E-state index in [9.17, 15) is 14.4 Å². The van der Waals surface area contributed by atoms with Crippen molar-refractivity contribution in [3.05, 3.63) is 35.9 Å². The maximum Gasteiger partial charge on any atom is 0.407 e. The summed E-state index contributed by atoms with van der Waals surface area (Å²) < 4.78 is 0. The van der Waals surface area contributed by atoms with Crippen molar-refractivity contribution < 1.29 is 29.2 Å². The van der Waals surface area contributed by atoms with Crippen molar-refractivity contribution in [3.63, 3.8) is 0 Å². The van der Waals surface area contributed by atoms with Crippen molar-refractivity contribution in [2.24, 2.45) is 0 Å². The number of urea groups is 1. The molecule has 3 fully saturated rings. The summed E-state index contributed by atoms with van der Waals surface area (Å²) in [5.74, 6) is -0.336. The van der Waals surface area contributed by atoms with Gasteiger partial charge in [-0.3, -0.25) is 19.4 Å². The molecule has 2 N–H and O–H groups in total. The van der Waals surface area contributed by atoms with Gasteiger partial charge in [-0.15, -0.1) is 0 Å². The zero-order valence-electron chi connectivity index (χ0n) is 17.9. The van der Waals surface area contributed by atoms with Crippen LogP contribution >= 0.6 is 0 Å². The number of nitrogens with one attached hydrogen (secondary N) is 1. The monoisotopic (exact) mass is 447 g/mol. The summed E-state index contributed by atoms with van der Waals surface area (Å²) in [6.45, 7) is 3.83. The summed E-state index contributed by atoms with van der Waals surface area (Å²) in [4.78, 5) is 52.5. The number of piperazine rings is 1. The summed E-state index contributed by atoms with van der Waals surface area (Å²) in [7, 11) is 0. The first-order chi connectivity index (χ1) is 15.5. The first-order valence-electron chi connectivity index (χ1n) is 10.9. The smallest absolute Gasteiger partial charge is 0.407 e. The lowest BCUT2D eigenvalue weighted by atomic mass is 10.0. The summed E-state index contributed by atoms with van der Waals surface area (Å²) >= 11 is 0. The second kappa shape index (κ2) is 10.2. The van der Waals surface area contributed by atoms with Gasteiger partial charge in [0.05, 0.1) is 12.6 Å². The Morgan fingerprint density at radius 2 is 1.84 bits per heavy atom. The molecular formula is C21H29N5O6. The zero-order valence-corrected chi connectivity index (χ0v) is 17.9. The van der Waals surface area contributed by atoms with E-state index in [0.717, 1.165) is 5.56 Å². The van der Waals surface area contributed by atoms with Crippen LogP contribution in [0.15, 0.2) is 30.3 Å². The van der Waals surface area contributed by atoms with Crippen molar-refractivity contribution in [1.29, 1.82) is 0 Å². The fraction of sp³-hybridized carbons (Fsp3) is 0.571. The molecule has 0 aliphatic carbocycles. The molecule has 0 saturated carbocycles. The number of carbonyl (C=O) groups is 3. The topological polar surface area (TPSA) is 115 Å². The van der Waals surface area contributed by atoms with Crippen molar-refractivity contribution in [2.45, 2.75) is 31.5 Å². The van der Waals surface area contributed by atoms with Gasteiger partial charge >= 0.3 is 12.1 Å². The summed E-state index contributed by atoms with van der Waals surface area (Å²) in [5, 5.41) is 10.4. The van der Waals surface area contributed by atoms with Crippen molar-refractivity contribution in [3.8, 4) is 0 Å². The number of rotatable bonds is 8. The van der Waals surface area contributed by atoms with Gasteiger partial charge in [0.1, 0.15) is 12.6 Å². The minimum Gasteiger partial charge on any atom is -0.465 e. The molecule has 2 bridgehead atoms. The highest BCUT2D eigenvalue weighted by Gasteiger charge is 2.48. The van der Waals surface area contributed by atoms with Crippen LogP contribution in [0, 0.1) is 0 Å². The van der Waals surface area contributed by atoms with Crippen LogP contribution in [-0.4, -0.2) is 101 Å². The molecule has 1 aromatic rings. The van der Waals surface area contributed by atoms with Gasteiger partial charge in [-0.2, -0.15) is 5.06 Å². The quantitative estimate of drug-likeness (QED) is 0.446. The average Bonchev–Trinajstić information content (AvgIpc) is 3.05. The first-order valence-corrected chi connectivity index (χ1v) is 10.9. The van der Waals surface area contributed by atoms with Gasteiger partial charge in [0.2, 0.25) is 0 Å². The van der Waals surface area contributed by atoms with Gasteiger partial charge in [-0.25, -0.2) is 15.1 Å². The Labute approximate surface area is 186 Å². The third-order valence-corrected chi connectivity index (χ3v) is 6.16. The van der Waals surface area contributed by atoms with E-state index in [0.29, 0.717) is 58.7 Å². The molecule has 3 saturated heterocycles. The molecular weight excluding hydrogens is 418 g/mol. The molecule has 11 heteroatoms. The molecule has 3 heterocycles. The van der Waals surface area contributed by atoms with Gasteiger partial charge in [0.15, 0.2) is 0 Å². The largest absolute Gasteiger partial charge is 0.465 e. The highest BCUT2D eigenvalue weighted by Crippen LogP contribution is 2.30. The first kappa shape index (κ1) is 22.3. The molecule has 0 aromatic heterocycles. The zero-order chi connectivity index (χ0) is 22.5. The molecule has 4 amide bonds. The van der Waals surface area contributed by atoms with Gasteiger partial charge in [0, 0.05) is 39.3 Å². The molecule has 0 spiro atoms. The Bertz CT molecular complexity index is 816. The van der Waals surface area contributed by atoms with Gasteiger partial charge in [-0.1, -0.05) is 30.3 Å². The summed E-state index contributed by atoms with van der Waals surface area (Å²) in [6.07, 6.45) is 0.333. The third kappa shape index (κ3) is 5.12. The minimum absolute atomic E-state index is 0.0550. The normalized spacial score (nSPS) is 23.5. The number of nitrogens with zero attached hydrogens (tertiary/aromatic N) is 4. The van der Waals surface area contributed by atoms with Gasteiger partial charge in [0.25, 0.3) is 5.91 Å². The number of benzene rings is 1. The van der Waals surface area contributed by atoms with Crippen molar-refractivity contribution >= 4 is 18.0 Å². The predicted molar refractivity (Wildman–Crippen MR) is 112 cm³/mol. The third-order valence-electron chi connectivity index (χ3n) is 6.16. The molecule has 1 aromatic carbocycles. The maximum atomic E-state index is 12.8. The van der Waals surface area contributed by atoms with E-state index in [4.69, 9.17) is 14.8 Å². The molecule has 174 valence electrons. The average molecular weight is 447 g/mol. The summed E-state index contributed by atoms with van der Waals surface area (Å²) in [5.41, 5.74) is 3.45. The van der Waals surface area contributed by atoms with Crippen LogP contribution in [0.5, 0.6) is 0 Å². The number of fused-ring (bicyclic) bond motifs is 2. The Kier molecular flexibility index (Phi) is 7.08. The molecule has 3 aliphatic rings. The highest BCUT2D eigenvalue weighted by molar-refractivity contribution is 5.88. The van der Waals surface area contributed by atoms with Crippen LogP contribution in [0.3, 0.4) is 0 Å². The lowest BCUT2D eigenvalue weighted by Crippen LogP contribution is -2.51. The molecule has 11 nitrogen and oxygen atoms in total. The standard InChI is InChI=1S/C21H29N5O6/c27-19(22-31-13-12-23-8-10-24(11-9-23)21(29)30)18-7-6-17-14-25(18)20(28)26(17)32-15-16-4-2-1-3-5-16/h1-5,17-18H,6-15H2,(H,22,27)(H,29,30)/t17-,18+/m1/s1. The minimum atomic E-state index is -0.900. The lowest BCUT2D eigenvalue weighted by molar-refractivity contribution is -0.141. The van der Waals surface area contributed by atoms with Crippen LogP contribution in [0.1, 0.15) is 18.4 Å². The van der Waals surface area contributed by atoms with Crippen molar-refractivity contribution in [2.75, 3.05) is 45.9 Å². The Morgan fingerprint density at radius 1 is 1.09 bits per heavy atom. The molecule has 3 aliphatic heterocycles. The van der Waals surface area contributed by atoms with Crippen LogP contribution in [0.2, 0.25) is 0 Å². The Hall–Kier alpha value is -2.89. The predicted octanol–water partition coefficient (Wildman–Crippen LogP) is 0.730. The fourth-order valence-electron chi connectivity index (χ4n) is 4.32. The number of carbonyl (C=O) groups excluding carboxylic acids is 2. The molecule has 2 atom stereocenters. The van der Waals surface area contributed by atoms with Crippen LogP contribution in [-0.2, 0) is 21.1 Å². The SMILES string of the molecule is O=C(NOCCN1CCN(C(=O)O)CC1)[C@@H]1CC[C@@H]2CN1C(=O)N2OCc1ccccc1. The van der Waals surface area contributed by atoms with Crippen molar-refractivity contribution in [1.82, 2.24) is 25.2 Å². The van der Waals surface area contributed by atoms with E-state index in [-0.39, 0.29) is 24.6 Å². The van der Waals surface area contributed by atoms with E-state index in [1.807, 2.05) is 30.3 Å².